The van der Waals surface area contributed by atoms with Gasteiger partial charge in [0.15, 0.2) is 0 Å². The van der Waals surface area contributed by atoms with Crippen molar-refractivity contribution in [2.45, 2.75) is 19.5 Å². The summed E-state index contributed by atoms with van der Waals surface area (Å²) in [4.78, 5) is 25.6. The summed E-state index contributed by atoms with van der Waals surface area (Å²) in [7, 11) is 0. The normalized spacial score (nSPS) is 11.2. The second-order valence-electron chi connectivity index (χ2n) is 6.36. The van der Waals surface area contributed by atoms with Crippen LogP contribution in [0.5, 0.6) is 0 Å². The highest BCUT2D eigenvalue weighted by Gasteiger charge is 2.30. The van der Waals surface area contributed by atoms with Crippen molar-refractivity contribution >= 4 is 28.2 Å². The van der Waals surface area contributed by atoms with Gasteiger partial charge < -0.3 is 10.1 Å². The van der Waals surface area contributed by atoms with Gasteiger partial charge in [-0.25, -0.2) is 4.79 Å². The summed E-state index contributed by atoms with van der Waals surface area (Å²) in [5.41, 5.74) is 0.479. The molecule has 0 aliphatic rings. The zero-order valence-electron chi connectivity index (χ0n) is 16.0. The molecule has 1 aromatic heterocycles. The van der Waals surface area contributed by atoms with Crippen LogP contribution in [0.2, 0.25) is 0 Å². The van der Waals surface area contributed by atoms with Gasteiger partial charge >= 0.3 is 12.1 Å². The van der Waals surface area contributed by atoms with Crippen molar-refractivity contribution in [3.8, 4) is 10.4 Å². The summed E-state index contributed by atoms with van der Waals surface area (Å²) in [5, 5.41) is 2.94. The van der Waals surface area contributed by atoms with Gasteiger partial charge in [0.05, 0.1) is 24.2 Å². The Morgan fingerprint density at radius 1 is 1.03 bits per heavy atom. The summed E-state index contributed by atoms with van der Waals surface area (Å²) in [6, 6.07) is 15.5. The Balaban J connectivity index is 1.83. The Kier molecular flexibility index (Phi) is 6.56. The molecule has 0 atom stereocenters. The minimum atomic E-state index is -4.48. The lowest BCUT2D eigenvalue weighted by Crippen LogP contribution is -2.16. The molecule has 0 spiro atoms. The van der Waals surface area contributed by atoms with Gasteiger partial charge in [-0.1, -0.05) is 48.5 Å². The van der Waals surface area contributed by atoms with Crippen LogP contribution in [-0.2, 0) is 22.1 Å². The van der Waals surface area contributed by atoms with Gasteiger partial charge in [-0.15, -0.1) is 11.3 Å². The van der Waals surface area contributed by atoms with Gasteiger partial charge in [0.25, 0.3) is 0 Å². The number of halogens is 3. The van der Waals surface area contributed by atoms with E-state index in [1.165, 1.54) is 23.5 Å². The number of esters is 1. The van der Waals surface area contributed by atoms with E-state index < -0.39 is 23.6 Å². The molecule has 1 heterocycles. The highest BCUT2D eigenvalue weighted by molar-refractivity contribution is 7.20. The smallest absolute Gasteiger partial charge is 0.416 e. The van der Waals surface area contributed by atoms with Crippen molar-refractivity contribution in [3.05, 3.63) is 77.4 Å². The molecule has 156 valence electrons. The van der Waals surface area contributed by atoms with E-state index in [4.69, 9.17) is 4.74 Å². The number of thiophene rings is 1. The molecule has 0 saturated carbocycles. The molecule has 2 aromatic carbocycles. The number of carbonyl (C=O) groups is 2. The molecule has 8 heteroatoms. The molecule has 0 fully saturated rings. The Morgan fingerprint density at radius 2 is 1.77 bits per heavy atom. The largest absolute Gasteiger partial charge is 0.462 e. The zero-order chi connectivity index (χ0) is 21.7. The number of carbonyl (C=O) groups excluding carboxylic acids is 2. The molecule has 3 rings (SSSR count). The highest BCUT2D eigenvalue weighted by atomic mass is 32.1. The fraction of sp³-hybridized carbons (Fsp3) is 0.182. The van der Waals surface area contributed by atoms with E-state index in [0.717, 1.165) is 22.6 Å². The first-order valence-electron chi connectivity index (χ1n) is 9.10. The SMILES string of the molecule is CCOC(=O)c1cc(-c2ccccc2)sc1NC(=O)Cc1cccc(C(F)(F)F)c1. The van der Waals surface area contributed by atoms with Crippen LogP contribution < -0.4 is 5.32 Å². The van der Waals surface area contributed by atoms with Crippen molar-refractivity contribution in [2.24, 2.45) is 0 Å². The predicted octanol–water partition coefficient (Wildman–Crippen LogP) is 5.79. The molecule has 0 unspecified atom stereocenters. The Labute approximate surface area is 175 Å². The first-order valence-corrected chi connectivity index (χ1v) is 9.92. The molecule has 0 saturated heterocycles. The number of hydrogen-bond donors (Lipinski definition) is 1. The maximum Gasteiger partial charge on any atom is 0.416 e. The van der Waals surface area contributed by atoms with Crippen molar-refractivity contribution < 1.29 is 27.5 Å². The number of rotatable bonds is 6. The maximum atomic E-state index is 12.9. The number of amides is 1. The topological polar surface area (TPSA) is 55.4 Å². The van der Waals surface area contributed by atoms with E-state index in [9.17, 15) is 22.8 Å². The monoisotopic (exact) mass is 433 g/mol. The van der Waals surface area contributed by atoms with Gasteiger partial charge in [0.1, 0.15) is 5.00 Å². The molecule has 0 radical (unpaired) electrons. The van der Waals surface area contributed by atoms with Crippen molar-refractivity contribution in [1.29, 1.82) is 0 Å². The van der Waals surface area contributed by atoms with Crippen LogP contribution in [0.15, 0.2) is 60.7 Å². The first kappa shape index (κ1) is 21.6. The average Bonchev–Trinajstić information content (AvgIpc) is 3.12. The Bertz CT molecular complexity index is 1050. The van der Waals surface area contributed by atoms with Crippen LogP contribution in [0.25, 0.3) is 10.4 Å². The third-order valence-electron chi connectivity index (χ3n) is 4.16. The first-order chi connectivity index (χ1) is 14.3. The summed E-state index contributed by atoms with van der Waals surface area (Å²) in [6.07, 6.45) is -4.74. The van der Waals surface area contributed by atoms with Crippen LogP contribution in [0.4, 0.5) is 18.2 Å². The fourth-order valence-corrected chi connectivity index (χ4v) is 3.87. The fourth-order valence-electron chi connectivity index (χ4n) is 2.80. The molecular formula is C22H18F3NO3S. The second kappa shape index (κ2) is 9.13. The van der Waals surface area contributed by atoms with Gasteiger partial charge in [-0.05, 0) is 30.2 Å². The van der Waals surface area contributed by atoms with E-state index >= 15 is 0 Å². The number of anilines is 1. The Morgan fingerprint density at radius 3 is 2.43 bits per heavy atom. The van der Waals surface area contributed by atoms with E-state index in [2.05, 4.69) is 5.32 Å². The quantitative estimate of drug-likeness (QED) is 0.501. The number of nitrogens with one attached hydrogen (secondary N) is 1. The molecule has 0 bridgehead atoms. The standard InChI is InChI=1S/C22H18F3NO3S/c1-2-29-21(28)17-13-18(15-8-4-3-5-9-15)30-20(17)26-19(27)12-14-7-6-10-16(11-14)22(23,24)25/h3-11,13H,2,12H2,1H3,(H,26,27). The highest BCUT2D eigenvalue weighted by Crippen LogP contribution is 2.36. The van der Waals surface area contributed by atoms with Crippen LogP contribution >= 0.6 is 11.3 Å². The summed E-state index contributed by atoms with van der Waals surface area (Å²) in [6.45, 7) is 1.85. The predicted molar refractivity (Wildman–Crippen MR) is 109 cm³/mol. The lowest BCUT2D eigenvalue weighted by atomic mass is 10.1. The molecule has 1 N–H and O–H groups in total. The zero-order valence-corrected chi connectivity index (χ0v) is 16.8. The number of hydrogen-bond acceptors (Lipinski definition) is 4. The van der Waals surface area contributed by atoms with Crippen LogP contribution in [0.3, 0.4) is 0 Å². The number of benzene rings is 2. The van der Waals surface area contributed by atoms with Crippen LogP contribution in [0.1, 0.15) is 28.4 Å². The average molecular weight is 433 g/mol. The molecule has 30 heavy (non-hydrogen) atoms. The van der Waals surface area contributed by atoms with E-state index in [1.807, 2.05) is 30.3 Å². The van der Waals surface area contributed by atoms with Gasteiger partial charge in [-0.3, -0.25) is 4.79 Å². The second-order valence-corrected chi connectivity index (χ2v) is 7.42. The number of ether oxygens (including phenoxy) is 1. The van der Waals surface area contributed by atoms with Gasteiger partial charge in [-0.2, -0.15) is 13.2 Å². The molecule has 0 aliphatic carbocycles. The summed E-state index contributed by atoms with van der Waals surface area (Å²) < 4.78 is 43.7. The van der Waals surface area contributed by atoms with Crippen LogP contribution in [0, 0.1) is 0 Å². The van der Waals surface area contributed by atoms with E-state index in [1.54, 1.807) is 13.0 Å². The van der Waals surface area contributed by atoms with E-state index in [-0.39, 0.29) is 24.2 Å². The third kappa shape index (κ3) is 5.27. The maximum absolute atomic E-state index is 12.9. The van der Waals surface area contributed by atoms with Crippen molar-refractivity contribution in [2.75, 3.05) is 11.9 Å². The van der Waals surface area contributed by atoms with Gasteiger partial charge in [0, 0.05) is 4.88 Å². The minimum Gasteiger partial charge on any atom is -0.462 e. The van der Waals surface area contributed by atoms with Crippen molar-refractivity contribution in [3.63, 3.8) is 0 Å². The van der Waals surface area contributed by atoms with E-state index in [0.29, 0.717) is 5.00 Å². The molecule has 4 nitrogen and oxygen atoms in total. The third-order valence-corrected chi connectivity index (χ3v) is 5.26. The van der Waals surface area contributed by atoms with Crippen LogP contribution in [-0.4, -0.2) is 18.5 Å². The summed E-state index contributed by atoms with van der Waals surface area (Å²) >= 11 is 1.20. The van der Waals surface area contributed by atoms with Gasteiger partial charge in [0.2, 0.25) is 5.91 Å². The minimum absolute atomic E-state index is 0.174. The molecule has 1 amide bonds. The summed E-state index contributed by atoms with van der Waals surface area (Å²) in [5.74, 6) is -1.10. The lowest BCUT2D eigenvalue weighted by Gasteiger charge is -2.09. The number of alkyl halides is 3. The molecule has 0 aliphatic heterocycles. The molecular weight excluding hydrogens is 415 g/mol. The molecule has 3 aromatic rings. The lowest BCUT2D eigenvalue weighted by molar-refractivity contribution is -0.137. The van der Waals surface area contributed by atoms with Crippen molar-refractivity contribution in [1.82, 2.24) is 0 Å². The Hall–Kier alpha value is -3.13.